The number of β-lactam (4-membered cyclic amide) rings is 1. The molecule has 0 bridgehead atoms. The zero-order chi connectivity index (χ0) is 26.2. The van der Waals surface area contributed by atoms with Crippen LogP contribution in [0, 0.1) is 5.41 Å². The van der Waals surface area contributed by atoms with Crippen LogP contribution in [0.3, 0.4) is 0 Å². The van der Waals surface area contributed by atoms with Gasteiger partial charge in [0.25, 0.3) is 5.91 Å². The second-order valence-corrected chi connectivity index (χ2v) is 9.36. The molecule has 2 saturated heterocycles. The molecule has 4 atom stereocenters. The van der Waals surface area contributed by atoms with Gasteiger partial charge in [-0.2, -0.15) is 0 Å². The van der Waals surface area contributed by atoms with E-state index in [1.165, 1.54) is 12.0 Å². The zero-order valence-corrected chi connectivity index (χ0v) is 21.1. The molecule has 2 fully saturated rings. The summed E-state index contributed by atoms with van der Waals surface area (Å²) in [5.74, 6) is -4.07. The third kappa shape index (κ3) is 6.35. The average molecular weight is 538 g/mol. The van der Waals surface area contributed by atoms with Gasteiger partial charge in [0.2, 0.25) is 17.4 Å². The van der Waals surface area contributed by atoms with E-state index in [9.17, 15) is 29.1 Å². The minimum atomic E-state index is -1.58. The molecule has 0 spiro atoms. The summed E-state index contributed by atoms with van der Waals surface area (Å²) in [5.41, 5.74) is -2.19. The van der Waals surface area contributed by atoms with E-state index in [0.29, 0.717) is 6.42 Å². The maximum absolute atomic E-state index is 12.8. The first-order valence-corrected chi connectivity index (χ1v) is 12.1. The number of carboxylic acids is 1. The van der Waals surface area contributed by atoms with Gasteiger partial charge in [0.05, 0.1) is 24.3 Å². The highest BCUT2D eigenvalue weighted by molar-refractivity contribution is 8.00. The van der Waals surface area contributed by atoms with Crippen LogP contribution >= 0.6 is 23.4 Å². The molecule has 0 saturated carbocycles. The Morgan fingerprint density at radius 2 is 2.00 bits per heavy atom. The molecule has 3 unspecified atom stereocenters. The summed E-state index contributed by atoms with van der Waals surface area (Å²) in [6.45, 7) is 1.27. The molecule has 0 aromatic heterocycles. The van der Waals surface area contributed by atoms with Crippen LogP contribution < -0.4 is 5.32 Å². The number of alkyl halides is 1. The number of aliphatic carboxylic acids is 1. The predicted octanol–water partition coefficient (Wildman–Crippen LogP) is 0.236. The highest BCUT2D eigenvalue weighted by atomic mass is 35.5. The minimum absolute atomic E-state index is 0.167. The Morgan fingerprint density at radius 3 is 2.57 bits per heavy atom. The van der Waals surface area contributed by atoms with E-state index in [1.807, 2.05) is 6.92 Å². The second kappa shape index (κ2) is 12.9. The van der Waals surface area contributed by atoms with Crippen molar-refractivity contribution in [2.24, 2.45) is 10.6 Å². The molecule has 2 amide bonds. The molecule has 2 aliphatic rings. The van der Waals surface area contributed by atoms with Crippen LogP contribution in [0.25, 0.3) is 0 Å². The lowest BCUT2D eigenvalue weighted by Gasteiger charge is -2.56. The maximum atomic E-state index is 12.8. The molecular formula is C20H28ClN3O10S. The Hall–Kier alpha value is -2.58. The number of hydrogen-bond donors (Lipinski definition) is 2. The minimum Gasteiger partial charge on any atom is -0.481 e. The van der Waals surface area contributed by atoms with Crippen molar-refractivity contribution in [2.75, 3.05) is 46.5 Å². The Labute approximate surface area is 210 Å². The normalized spacial score (nSPS) is 25.7. The van der Waals surface area contributed by atoms with E-state index in [0.717, 1.165) is 25.3 Å². The van der Waals surface area contributed by atoms with Crippen molar-refractivity contribution < 1.29 is 48.1 Å². The number of rotatable bonds is 13. The SMILES string of the molecule is CCCCOC(=O)OCC1S[C@@H]2C(NC(=O)C(=NOC)C(=O)CCl)C(=O)N2CC1(COC)C(=O)O. The van der Waals surface area contributed by atoms with Gasteiger partial charge >= 0.3 is 12.1 Å². The van der Waals surface area contributed by atoms with Crippen molar-refractivity contribution in [3.8, 4) is 0 Å². The summed E-state index contributed by atoms with van der Waals surface area (Å²) in [6, 6.07) is -1.08. The fourth-order valence-electron chi connectivity index (χ4n) is 3.61. The predicted molar refractivity (Wildman–Crippen MR) is 123 cm³/mol. The molecule has 196 valence electrons. The fraction of sp³-hybridized carbons (Fsp3) is 0.700. The number of nitrogens with zero attached hydrogens (tertiary/aromatic N) is 2. The van der Waals surface area contributed by atoms with Crippen molar-refractivity contribution in [3.05, 3.63) is 0 Å². The Morgan fingerprint density at radius 1 is 1.29 bits per heavy atom. The Bertz CT molecular complexity index is 872. The van der Waals surface area contributed by atoms with Gasteiger partial charge < -0.3 is 34.4 Å². The number of fused-ring (bicyclic) bond motifs is 1. The Kier molecular flexibility index (Phi) is 10.6. The second-order valence-electron chi connectivity index (χ2n) is 7.77. The number of ether oxygens (including phenoxy) is 3. The van der Waals surface area contributed by atoms with Gasteiger partial charge in [0.15, 0.2) is 0 Å². The first kappa shape index (κ1) is 28.7. The van der Waals surface area contributed by atoms with Crippen LogP contribution in [0.2, 0.25) is 0 Å². The topological polar surface area (TPSA) is 170 Å². The number of ketones is 1. The number of thioether (sulfide) groups is 1. The average Bonchev–Trinajstić information content (AvgIpc) is 2.84. The van der Waals surface area contributed by atoms with Crippen LogP contribution in [0.5, 0.6) is 0 Å². The number of carboxylic acid groups (broad SMARTS) is 1. The highest BCUT2D eigenvalue weighted by Gasteiger charge is 2.62. The standard InChI is InChI=1S/C20H28ClN3O10S/c1-4-5-6-33-19(30)34-8-12-20(10-31-2,18(28)29)9-24-16(27)14(17(24)35-12)22-15(26)13(23-32-3)11(25)7-21/h12,14,17H,4-10H2,1-3H3,(H,22,26)(H,28,29)/t12?,14?,17-,20?/m1/s1. The molecule has 2 heterocycles. The first-order valence-electron chi connectivity index (χ1n) is 10.7. The number of amides is 2. The van der Waals surface area contributed by atoms with Crippen LogP contribution in [0.1, 0.15) is 19.8 Å². The summed E-state index contributed by atoms with van der Waals surface area (Å²) in [7, 11) is 2.46. The zero-order valence-electron chi connectivity index (χ0n) is 19.5. The molecule has 2 N–H and O–H groups in total. The molecular weight excluding hydrogens is 510 g/mol. The molecule has 0 radical (unpaired) electrons. The van der Waals surface area contributed by atoms with E-state index in [2.05, 4.69) is 15.3 Å². The number of methoxy groups -OCH3 is 1. The number of carbonyl (C=O) groups excluding carboxylic acids is 4. The molecule has 0 aromatic carbocycles. The van der Waals surface area contributed by atoms with E-state index in [1.54, 1.807) is 0 Å². The third-order valence-corrected chi connectivity index (χ3v) is 7.45. The fourth-order valence-corrected chi connectivity index (χ4v) is 5.39. The van der Waals surface area contributed by atoms with Crippen molar-refractivity contribution in [1.29, 1.82) is 0 Å². The number of carbonyl (C=O) groups is 5. The maximum Gasteiger partial charge on any atom is 0.508 e. The first-order chi connectivity index (χ1) is 16.7. The molecule has 2 aliphatic heterocycles. The highest BCUT2D eigenvalue weighted by Crippen LogP contribution is 2.47. The van der Waals surface area contributed by atoms with Gasteiger partial charge in [-0.15, -0.1) is 23.4 Å². The summed E-state index contributed by atoms with van der Waals surface area (Å²) in [6.07, 6.45) is 0.526. The number of nitrogens with one attached hydrogen (secondary N) is 1. The van der Waals surface area contributed by atoms with Gasteiger partial charge in [-0.05, 0) is 6.42 Å². The van der Waals surface area contributed by atoms with Gasteiger partial charge in [-0.25, -0.2) is 4.79 Å². The number of unbranched alkanes of at least 4 members (excludes halogenated alkanes) is 1. The van der Waals surface area contributed by atoms with Crippen molar-refractivity contribution in [1.82, 2.24) is 10.2 Å². The summed E-state index contributed by atoms with van der Waals surface area (Å²) < 4.78 is 15.3. The lowest BCUT2D eigenvalue weighted by Crippen LogP contribution is -2.76. The van der Waals surface area contributed by atoms with Crippen LogP contribution in [0.15, 0.2) is 5.16 Å². The van der Waals surface area contributed by atoms with E-state index >= 15 is 0 Å². The van der Waals surface area contributed by atoms with Crippen LogP contribution in [-0.4, -0.2) is 109 Å². The van der Waals surface area contributed by atoms with Gasteiger partial charge in [-0.3, -0.25) is 19.2 Å². The summed E-state index contributed by atoms with van der Waals surface area (Å²) in [4.78, 5) is 67.2. The lowest BCUT2D eigenvalue weighted by atomic mass is 9.82. The lowest BCUT2D eigenvalue weighted by molar-refractivity contribution is -0.164. The van der Waals surface area contributed by atoms with Gasteiger partial charge in [0.1, 0.15) is 30.5 Å². The van der Waals surface area contributed by atoms with Crippen molar-refractivity contribution >= 4 is 58.8 Å². The number of hydrogen-bond acceptors (Lipinski definition) is 11. The largest absolute Gasteiger partial charge is 0.508 e. The number of Topliss-reactive ketones (excluding diaryl/α,β-unsaturated/α-hetero) is 1. The van der Waals surface area contributed by atoms with Gasteiger partial charge in [-0.1, -0.05) is 18.5 Å². The van der Waals surface area contributed by atoms with Crippen LogP contribution in [-0.2, 0) is 38.2 Å². The van der Waals surface area contributed by atoms with E-state index in [-0.39, 0.29) is 26.4 Å². The summed E-state index contributed by atoms with van der Waals surface area (Å²) >= 11 is 6.53. The van der Waals surface area contributed by atoms with E-state index in [4.69, 9.17) is 25.8 Å². The number of halogens is 1. The monoisotopic (exact) mass is 537 g/mol. The molecule has 0 aliphatic carbocycles. The van der Waals surface area contributed by atoms with E-state index < -0.39 is 63.4 Å². The quantitative estimate of drug-likeness (QED) is 0.0627. The third-order valence-electron chi connectivity index (χ3n) is 5.48. The molecule has 0 aromatic rings. The van der Waals surface area contributed by atoms with Crippen molar-refractivity contribution in [2.45, 2.75) is 36.4 Å². The summed E-state index contributed by atoms with van der Waals surface area (Å²) in [5, 5.41) is 14.3. The molecule has 15 heteroatoms. The smallest absolute Gasteiger partial charge is 0.481 e. The molecule has 35 heavy (non-hydrogen) atoms. The van der Waals surface area contributed by atoms with Gasteiger partial charge in [0, 0.05) is 13.7 Å². The van der Waals surface area contributed by atoms with Crippen molar-refractivity contribution in [3.63, 3.8) is 0 Å². The van der Waals surface area contributed by atoms with Crippen LogP contribution in [0.4, 0.5) is 4.79 Å². The number of oxime groups is 1. The molecule has 2 rings (SSSR count). The molecule has 13 nitrogen and oxygen atoms in total. The Balaban J connectivity index is 2.19.